The van der Waals surface area contributed by atoms with E-state index in [4.69, 9.17) is 0 Å². The highest BCUT2D eigenvalue weighted by atomic mass is 32.2. The van der Waals surface area contributed by atoms with Crippen molar-refractivity contribution in [1.82, 2.24) is 0 Å². The van der Waals surface area contributed by atoms with Crippen LogP contribution in [0.2, 0.25) is 0 Å². The molecule has 29 heavy (non-hydrogen) atoms. The molecule has 2 aliphatic carbocycles. The van der Waals surface area contributed by atoms with Gasteiger partial charge < -0.3 is 5.32 Å². The van der Waals surface area contributed by atoms with E-state index in [0.29, 0.717) is 5.92 Å². The minimum Gasteiger partial charge on any atom is -0.325 e. The van der Waals surface area contributed by atoms with Crippen LogP contribution in [-0.4, -0.2) is 11.0 Å². The zero-order valence-electron chi connectivity index (χ0n) is 18.2. The van der Waals surface area contributed by atoms with E-state index >= 15 is 0 Å². The van der Waals surface area contributed by atoms with Crippen molar-refractivity contribution < 1.29 is 9.59 Å². The lowest BCUT2D eigenvalue weighted by Crippen LogP contribution is -2.39. The highest BCUT2D eigenvalue weighted by Crippen LogP contribution is 2.44. The van der Waals surface area contributed by atoms with Crippen LogP contribution in [0.5, 0.6) is 0 Å². The van der Waals surface area contributed by atoms with Crippen LogP contribution in [0.15, 0.2) is 29.2 Å². The number of nitrogens with one attached hydrogen (secondary N) is 1. The van der Waals surface area contributed by atoms with Crippen molar-refractivity contribution in [2.24, 2.45) is 17.3 Å². The maximum atomic E-state index is 13.5. The standard InChI is InChI=1S/C25H37NO2S/c1-3-19(4-2)18-25(16-10-5-11-17-25)24(28)26-21-14-8-9-15-22(21)29-23(27)20-12-6-7-13-20/h8-9,14-15,19-20H,3-7,10-13,16-18H2,1-2H3,(H,26,28). The number of para-hydroxylation sites is 1. The fraction of sp³-hybridized carbons (Fsp3) is 0.680. The Hall–Kier alpha value is -1.29. The van der Waals surface area contributed by atoms with Crippen molar-refractivity contribution in [3.8, 4) is 0 Å². The van der Waals surface area contributed by atoms with Gasteiger partial charge in [0.15, 0.2) is 5.12 Å². The Morgan fingerprint density at radius 2 is 1.69 bits per heavy atom. The molecule has 0 aliphatic heterocycles. The minimum absolute atomic E-state index is 0.172. The van der Waals surface area contributed by atoms with Crippen molar-refractivity contribution >= 4 is 28.5 Å². The van der Waals surface area contributed by atoms with Crippen LogP contribution >= 0.6 is 11.8 Å². The van der Waals surface area contributed by atoms with E-state index in [0.717, 1.165) is 81.2 Å². The minimum atomic E-state index is -0.248. The number of hydrogen-bond acceptors (Lipinski definition) is 3. The average molecular weight is 416 g/mol. The third-order valence-electron chi connectivity index (χ3n) is 7.16. The maximum absolute atomic E-state index is 13.5. The summed E-state index contributed by atoms with van der Waals surface area (Å²) in [4.78, 5) is 27.1. The van der Waals surface area contributed by atoms with Gasteiger partial charge in [-0.25, -0.2) is 0 Å². The van der Waals surface area contributed by atoms with E-state index in [-0.39, 0.29) is 22.4 Å². The average Bonchev–Trinajstić information content (AvgIpc) is 3.29. The molecular formula is C25H37NO2S. The molecule has 1 aromatic carbocycles. The third kappa shape index (κ3) is 5.65. The number of carbonyl (C=O) groups excluding carboxylic acids is 2. The number of thioether (sulfide) groups is 1. The largest absolute Gasteiger partial charge is 0.325 e. The summed E-state index contributed by atoms with van der Waals surface area (Å²) in [5.41, 5.74) is 0.561. The van der Waals surface area contributed by atoms with Gasteiger partial charge in [0.05, 0.1) is 5.69 Å². The van der Waals surface area contributed by atoms with Gasteiger partial charge in [-0.2, -0.15) is 0 Å². The number of carbonyl (C=O) groups is 2. The lowest BCUT2D eigenvalue weighted by atomic mass is 9.67. The first-order valence-electron chi connectivity index (χ1n) is 11.7. The van der Waals surface area contributed by atoms with Crippen molar-refractivity contribution in [2.45, 2.75) is 95.8 Å². The van der Waals surface area contributed by atoms with Crippen molar-refractivity contribution in [1.29, 1.82) is 0 Å². The first-order valence-corrected chi connectivity index (χ1v) is 12.5. The Labute approximate surface area is 180 Å². The summed E-state index contributed by atoms with van der Waals surface area (Å²) in [6.07, 6.45) is 13.1. The van der Waals surface area contributed by atoms with Gasteiger partial charge in [-0.1, -0.05) is 70.9 Å². The van der Waals surface area contributed by atoms with Crippen LogP contribution in [0, 0.1) is 17.3 Å². The molecule has 0 heterocycles. The Morgan fingerprint density at radius 1 is 1.03 bits per heavy atom. The molecule has 2 fully saturated rings. The Bertz CT molecular complexity index is 686. The van der Waals surface area contributed by atoms with Crippen molar-refractivity contribution in [2.75, 3.05) is 5.32 Å². The van der Waals surface area contributed by atoms with Crippen LogP contribution in [-0.2, 0) is 9.59 Å². The summed E-state index contributed by atoms with van der Waals surface area (Å²) >= 11 is 1.32. The molecule has 2 saturated carbocycles. The molecule has 2 aliphatic rings. The van der Waals surface area contributed by atoms with E-state index < -0.39 is 0 Å². The molecule has 1 aromatic rings. The lowest BCUT2D eigenvalue weighted by molar-refractivity contribution is -0.128. The normalized spacial score (nSPS) is 19.4. The SMILES string of the molecule is CCC(CC)CC1(C(=O)Nc2ccccc2SC(=O)C2CCCC2)CCCCC1. The maximum Gasteiger partial charge on any atom is 0.230 e. The third-order valence-corrected chi connectivity index (χ3v) is 8.27. The van der Waals surface area contributed by atoms with Crippen LogP contribution in [0.4, 0.5) is 5.69 Å². The molecule has 0 unspecified atom stereocenters. The zero-order valence-corrected chi connectivity index (χ0v) is 19.0. The molecule has 0 spiro atoms. The summed E-state index contributed by atoms with van der Waals surface area (Å²) < 4.78 is 0. The molecule has 3 nitrogen and oxygen atoms in total. The molecule has 1 amide bonds. The molecule has 4 heteroatoms. The van der Waals surface area contributed by atoms with Crippen molar-refractivity contribution in [3.05, 3.63) is 24.3 Å². The fourth-order valence-electron chi connectivity index (χ4n) is 5.15. The molecule has 0 atom stereocenters. The molecular weight excluding hydrogens is 378 g/mol. The van der Waals surface area contributed by atoms with Crippen LogP contribution in [0.1, 0.15) is 90.9 Å². The molecule has 1 N–H and O–H groups in total. The van der Waals surface area contributed by atoms with Gasteiger partial charge in [-0.05, 0) is 61.9 Å². The van der Waals surface area contributed by atoms with Gasteiger partial charge in [0, 0.05) is 16.2 Å². The summed E-state index contributed by atoms with van der Waals surface area (Å²) in [5, 5.41) is 3.52. The lowest BCUT2D eigenvalue weighted by Gasteiger charge is -2.38. The number of rotatable bonds is 8. The van der Waals surface area contributed by atoms with Gasteiger partial charge in [0.2, 0.25) is 5.91 Å². The summed E-state index contributed by atoms with van der Waals surface area (Å²) in [7, 11) is 0. The second-order valence-corrected chi connectivity index (χ2v) is 10.1. The van der Waals surface area contributed by atoms with Crippen LogP contribution in [0.25, 0.3) is 0 Å². The number of anilines is 1. The number of amides is 1. The Balaban J connectivity index is 1.75. The predicted molar refractivity (Wildman–Crippen MR) is 122 cm³/mol. The first kappa shape index (κ1) is 22.4. The molecule has 160 valence electrons. The Morgan fingerprint density at radius 3 is 2.34 bits per heavy atom. The molecule has 3 rings (SSSR count). The van der Waals surface area contributed by atoms with Crippen LogP contribution < -0.4 is 5.32 Å². The molecule has 0 saturated heterocycles. The fourth-order valence-corrected chi connectivity index (χ4v) is 6.14. The van der Waals surface area contributed by atoms with E-state index in [1.807, 2.05) is 24.3 Å². The second-order valence-electron chi connectivity index (χ2n) is 9.08. The van der Waals surface area contributed by atoms with Gasteiger partial charge in [0.1, 0.15) is 0 Å². The number of benzene rings is 1. The molecule has 0 aromatic heterocycles. The smallest absolute Gasteiger partial charge is 0.230 e. The van der Waals surface area contributed by atoms with E-state index in [1.165, 1.54) is 18.2 Å². The summed E-state index contributed by atoms with van der Waals surface area (Å²) in [5.74, 6) is 0.959. The van der Waals surface area contributed by atoms with E-state index in [9.17, 15) is 9.59 Å². The molecule has 0 radical (unpaired) electrons. The van der Waals surface area contributed by atoms with E-state index in [2.05, 4.69) is 19.2 Å². The topological polar surface area (TPSA) is 46.2 Å². The zero-order chi connectivity index (χ0) is 20.7. The summed E-state index contributed by atoms with van der Waals surface area (Å²) in [6.45, 7) is 4.48. The predicted octanol–water partition coefficient (Wildman–Crippen LogP) is 7.21. The van der Waals surface area contributed by atoms with Gasteiger partial charge in [0.25, 0.3) is 0 Å². The summed E-state index contributed by atoms with van der Waals surface area (Å²) in [6, 6.07) is 7.84. The van der Waals surface area contributed by atoms with Gasteiger partial charge in [-0.15, -0.1) is 0 Å². The monoisotopic (exact) mass is 415 g/mol. The first-order chi connectivity index (χ1) is 14.1. The van der Waals surface area contributed by atoms with Crippen LogP contribution in [0.3, 0.4) is 0 Å². The van der Waals surface area contributed by atoms with E-state index in [1.54, 1.807) is 0 Å². The van der Waals surface area contributed by atoms with Gasteiger partial charge in [-0.3, -0.25) is 9.59 Å². The highest BCUT2D eigenvalue weighted by Gasteiger charge is 2.40. The Kier molecular flexibility index (Phi) is 8.23. The highest BCUT2D eigenvalue weighted by molar-refractivity contribution is 8.13. The van der Waals surface area contributed by atoms with Gasteiger partial charge >= 0.3 is 0 Å². The molecule has 0 bridgehead atoms. The quantitative estimate of drug-likeness (QED) is 0.456. The number of hydrogen-bond donors (Lipinski definition) is 1. The van der Waals surface area contributed by atoms with Crippen molar-refractivity contribution in [3.63, 3.8) is 0 Å². The second kappa shape index (κ2) is 10.7.